The Hall–Kier alpha value is -0.870. The Balaban J connectivity index is 1.51. The van der Waals surface area contributed by atoms with Crippen molar-refractivity contribution in [1.82, 2.24) is 4.90 Å². The van der Waals surface area contributed by atoms with Crippen LogP contribution in [-0.4, -0.2) is 37.1 Å². The molecule has 1 aliphatic carbocycles. The summed E-state index contributed by atoms with van der Waals surface area (Å²) in [6, 6.07) is 2.19. The summed E-state index contributed by atoms with van der Waals surface area (Å²) in [5.74, 6) is 0.268. The highest BCUT2D eigenvalue weighted by Gasteiger charge is 2.40. The second kappa shape index (κ2) is 5.97. The number of amides is 1. The fraction of sp³-hybridized carbons (Fsp3) is 0.722. The topological polar surface area (TPSA) is 29.5 Å². The first-order valence-electron chi connectivity index (χ1n) is 8.74. The predicted octanol–water partition coefficient (Wildman–Crippen LogP) is 3.66. The summed E-state index contributed by atoms with van der Waals surface area (Å²) >= 11 is 1.76. The van der Waals surface area contributed by atoms with Gasteiger partial charge in [0.2, 0.25) is 0 Å². The van der Waals surface area contributed by atoms with Crippen molar-refractivity contribution in [3.05, 3.63) is 21.4 Å². The van der Waals surface area contributed by atoms with E-state index in [1.54, 1.807) is 11.3 Å². The number of piperidine rings is 1. The van der Waals surface area contributed by atoms with Crippen LogP contribution < -0.4 is 0 Å². The van der Waals surface area contributed by atoms with Gasteiger partial charge < -0.3 is 9.64 Å². The lowest BCUT2D eigenvalue weighted by Crippen LogP contribution is -2.46. The lowest BCUT2D eigenvalue weighted by atomic mass is 9.79. The highest BCUT2D eigenvalue weighted by Crippen LogP contribution is 2.38. The molecular weight excluding hydrogens is 294 g/mol. The van der Waals surface area contributed by atoms with Crippen LogP contribution in [0.5, 0.6) is 0 Å². The molecule has 2 saturated heterocycles. The minimum Gasteiger partial charge on any atom is -0.381 e. The number of hydrogen-bond acceptors (Lipinski definition) is 3. The molecule has 1 atom stereocenters. The molecule has 2 fully saturated rings. The van der Waals surface area contributed by atoms with Gasteiger partial charge in [-0.3, -0.25) is 4.79 Å². The number of fused-ring (bicyclic) bond motifs is 1. The van der Waals surface area contributed by atoms with Gasteiger partial charge in [0.25, 0.3) is 5.91 Å². The quantitative estimate of drug-likeness (QED) is 0.739. The molecule has 4 heteroatoms. The Morgan fingerprint density at radius 1 is 1.18 bits per heavy atom. The van der Waals surface area contributed by atoms with Crippen LogP contribution in [-0.2, 0) is 17.6 Å². The van der Waals surface area contributed by atoms with E-state index in [2.05, 4.69) is 11.0 Å². The summed E-state index contributed by atoms with van der Waals surface area (Å²) in [6.45, 7) is 3.53. The van der Waals surface area contributed by atoms with Crippen molar-refractivity contribution in [3.63, 3.8) is 0 Å². The van der Waals surface area contributed by atoms with E-state index in [9.17, 15) is 4.79 Å². The molecule has 1 aromatic rings. The van der Waals surface area contributed by atoms with E-state index in [1.807, 2.05) is 0 Å². The summed E-state index contributed by atoms with van der Waals surface area (Å²) in [5, 5.41) is 0. The van der Waals surface area contributed by atoms with E-state index < -0.39 is 0 Å². The molecule has 1 spiro atoms. The van der Waals surface area contributed by atoms with Crippen LogP contribution in [0.4, 0.5) is 0 Å². The van der Waals surface area contributed by atoms with Gasteiger partial charge in [-0.05, 0) is 56.6 Å². The number of thiophene rings is 1. The van der Waals surface area contributed by atoms with Gasteiger partial charge in [0, 0.05) is 30.0 Å². The number of ether oxygens (including phenoxy) is 1. The number of rotatable bonds is 1. The maximum Gasteiger partial charge on any atom is 0.263 e. The largest absolute Gasteiger partial charge is 0.381 e. The van der Waals surface area contributed by atoms with Gasteiger partial charge in [0.15, 0.2) is 0 Å². The molecule has 3 aliphatic rings. The van der Waals surface area contributed by atoms with Crippen LogP contribution in [0.15, 0.2) is 6.07 Å². The Kier molecular flexibility index (Phi) is 3.99. The van der Waals surface area contributed by atoms with E-state index in [1.165, 1.54) is 42.5 Å². The monoisotopic (exact) mass is 319 g/mol. The maximum atomic E-state index is 12.9. The summed E-state index contributed by atoms with van der Waals surface area (Å²) in [5.41, 5.74) is 1.70. The van der Waals surface area contributed by atoms with Crippen molar-refractivity contribution in [2.24, 2.45) is 5.41 Å². The van der Waals surface area contributed by atoms with E-state index >= 15 is 0 Å². The van der Waals surface area contributed by atoms with Crippen molar-refractivity contribution in [2.75, 3.05) is 26.3 Å². The van der Waals surface area contributed by atoms with Gasteiger partial charge in [0.05, 0.1) is 11.5 Å². The number of aryl methyl sites for hydroxylation is 2. The van der Waals surface area contributed by atoms with Crippen LogP contribution in [0, 0.1) is 5.41 Å². The molecule has 4 rings (SSSR count). The standard InChI is InChI=1S/C18H25NO2S/c20-17(16-11-14-5-2-1-3-6-15(14)22-16)19-9-4-7-18(12-19)8-10-21-13-18/h11H,1-10,12-13H2/t18-/m0/s1. The maximum absolute atomic E-state index is 12.9. The number of carbonyl (C=O) groups excluding carboxylic acids is 1. The molecular formula is C18H25NO2S. The highest BCUT2D eigenvalue weighted by molar-refractivity contribution is 7.14. The molecule has 1 aromatic heterocycles. The zero-order valence-electron chi connectivity index (χ0n) is 13.2. The smallest absolute Gasteiger partial charge is 0.263 e. The SMILES string of the molecule is O=C(c1cc2c(s1)CCCCC2)N1CCC[C@]2(CCOC2)C1. The van der Waals surface area contributed by atoms with Crippen molar-refractivity contribution in [3.8, 4) is 0 Å². The number of nitrogens with zero attached hydrogens (tertiary/aromatic N) is 1. The fourth-order valence-electron chi connectivity index (χ4n) is 4.28. The highest BCUT2D eigenvalue weighted by atomic mass is 32.1. The zero-order chi connectivity index (χ0) is 15.0. The van der Waals surface area contributed by atoms with Crippen molar-refractivity contribution >= 4 is 17.2 Å². The molecule has 120 valence electrons. The molecule has 3 heterocycles. The summed E-state index contributed by atoms with van der Waals surface area (Å²) in [7, 11) is 0. The number of carbonyl (C=O) groups is 1. The molecule has 0 aromatic carbocycles. The van der Waals surface area contributed by atoms with Crippen LogP contribution in [0.3, 0.4) is 0 Å². The third-order valence-electron chi connectivity index (χ3n) is 5.59. The van der Waals surface area contributed by atoms with E-state index in [0.717, 1.165) is 50.4 Å². The van der Waals surface area contributed by atoms with Crippen LogP contribution in [0.25, 0.3) is 0 Å². The Bertz CT molecular complexity index is 536. The van der Waals surface area contributed by atoms with Crippen LogP contribution >= 0.6 is 11.3 Å². The molecule has 0 unspecified atom stereocenters. The summed E-state index contributed by atoms with van der Waals surface area (Å²) in [6.07, 6.45) is 9.70. The first-order chi connectivity index (χ1) is 10.8. The Morgan fingerprint density at radius 2 is 2.09 bits per heavy atom. The number of likely N-dealkylation sites (tertiary alicyclic amines) is 1. The van der Waals surface area contributed by atoms with E-state index in [-0.39, 0.29) is 11.3 Å². The van der Waals surface area contributed by atoms with Gasteiger partial charge >= 0.3 is 0 Å². The van der Waals surface area contributed by atoms with E-state index in [0.29, 0.717) is 0 Å². The molecule has 2 aliphatic heterocycles. The average molecular weight is 319 g/mol. The lowest BCUT2D eigenvalue weighted by Gasteiger charge is -2.39. The number of hydrogen-bond donors (Lipinski definition) is 0. The van der Waals surface area contributed by atoms with Gasteiger partial charge in [0.1, 0.15) is 0 Å². The van der Waals surface area contributed by atoms with E-state index in [4.69, 9.17) is 4.74 Å². The van der Waals surface area contributed by atoms with Gasteiger partial charge in [-0.1, -0.05) is 6.42 Å². The second-order valence-corrected chi connectivity index (χ2v) is 8.39. The molecule has 22 heavy (non-hydrogen) atoms. The fourth-order valence-corrected chi connectivity index (χ4v) is 5.50. The molecule has 3 nitrogen and oxygen atoms in total. The third-order valence-corrected chi connectivity index (χ3v) is 6.82. The zero-order valence-corrected chi connectivity index (χ0v) is 14.1. The van der Waals surface area contributed by atoms with Crippen molar-refractivity contribution < 1.29 is 9.53 Å². The van der Waals surface area contributed by atoms with Gasteiger partial charge in [-0.25, -0.2) is 0 Å². The van der Waals surface area contributed by atoms with Gasteiger partial charge in [-0.2, -0.15) is 0 Å². The Morgan fingerprint density at radius 3 is 2.95 bits per heavy atom. The molecule has 0 bridgehead atoms. The lowest BCUT2D eigenvalue weighted by molar-refractivity contribution is 0.0466. The third kappa shape index (κ3) is 2.71. The molecule has 1 amide bonds. The minimum absolute atomic E-state index is 0.252. The van der Waals surface area contributed by atoms with Gasteiger partial charge in [-0.15, -0.1) is 11.3 Å². The van der Waals surface area contributed by atoms with Crippen molar-refractivity contribution in [1.29, 1.82) is 0 Å². The molecule has 0 N–H and O–H groups in total. The predicted molar refractivity (Wildman–Crippen MR) is 88.6 cm³/mol. The average Bonchev–Trinajstić information content (AvgIpc) is 3.09. The molecule has 0 saturated carbocycles. The second-order valence-electron chi connectivity index (χ2n) is 7.25. The summed E-state index contributed by atoms with van der Waals surface area (Å²) in [4.78, 5) is 17.5. The van der Waals surface area contributed by atoms with Crippen LogP contribution in [0.2, 0.25) is 0 Å². The van der Waals surface area contributed by atoms with Crippen LogP contribution in [0.1, 0.15) is 58.6 Å². The minimum atomic E-state index is 0.252. The summed E-state index contributed by atoms with van der Waals surface area (Å²) < 4.78 is 5.62. The first-order valence-corrected chi connectivity index (χ1v) is 9.56. The first kappa shape index (κ1) is 14.7. The molecule has 0 radical (unpaired) electrons. The normalized spacial score (nSPS) is 28.6. The van der Waals surface area contributed by atoms with Crippen molar-refractivity contribution in [2.45, 2.75) is 51.4 Å². The Labute approximate surface area is 136 Å².